The summed E-state index contributed by atoms with van der Waals surface area (Å²) in [5, 5.41) is 4.77. The van der Waals surface area contributed by atoms with E-state index >= 15 is 0 Å². The van der Waals surface area contributed by atoms with Crippen molar-refractivity contribution in [3.8, 4) is 22.3 Å². The van der Waals surface area contributed by atoms with Crippen LogP contribution >= 0.6 is 61.1 Å². The molecule has 8 aromatic rings. The maximum Gasteiger partial charge on any atom is 0.148 e. The second kappa shape index (κ2) is 10.4. The lowest BCUT2D eigenvalue weighted by atomic mass is 9.82. The largest absolute Gasteiger partial charge is 0.454 e. The van der Waals surface area contributed by atoms with E-state index in [4.69, 9.17) is 8.83 Å². The Labute approximate surface area is 308 Å². The molecule has 0 aliphatic heterocycles. The molecule has 2 aromatic heterocycles. The SMILES string of the molecule is CC1(C)c2ccccc2-c2c1cc(Br)c1c2oc2c(I)cccc21.CC1(C)c2ccccc2-c2c1ccc1c2oc2c(I)cccc21. The molecule has 10 rings (SSSR count). The quantitative estimate of drug-likeness (QED) is 0.142. The van der Waals surface area contributed by atoms with Gasteiger partial charge in [-0.3, -0.25) is 0 Å². The minimum Gasteiger partial charge on any atom is -0.454 e. The first-order chi connectivity index (χ1) is 22.6. The number of benzene rings is 6. The van der Waals surface area contributed by atoms with Gasteiger partial charge in [-0.25, -0.2) is 0 Å². The summed E-state index contributed by atoms with van der Waals surface area (Å²) in [5.74, 6) is 0. The number of rotatable bonds is 0. The van der Waals surface area contributed by atoms with E-state index in [2.05, 4.69) is 192 Å². The van der Waals surface area contributed by atoms with Gasteiger partial charge in [-0.15, -0.1) is 0 Å². The molecular weight excluding hydrogens is 870 g/mol. The van der Waals surface area contributed by atoms with Crippen LogP contribution in [0.25, 0.3) is 66.1 Å². The number of fused-ring (bicyclic) bond motifs is 14. The van der Waals surface area contributed by atoms with Crippen LogP contribution in [0.2, 0.25) is 0 Å². The Kier molecular flexibility index (Phi) is 6.65. The zero-order chi connectivity index (χ0) is 32.4. The minimum absolute atomic E-state index is 0.0191. The molecule has 0 bridgehead atoms. The molecule has 6 aromatic carbocycles. The van der Waals surface area contributed by atoms with Crippen molar-refractivity contribution in [2.75, 3.05) is 0 Å². The molecule has 0 atom stereocenters. The topological polar surface area (TPSA) is 26.3 Å². The molecule has 0 amide bonds. The van der Waals surface area contributed by atoms with Gasteiger partial charge >= 0.3 is 0 Å². The van der Waals surface area contributed by atoms with Crippen LogP contribution < -0.4 is 0 Å². The van der Waals surface area contributed by atoms with Crippen LogP contribution in [-0.2, 0) is 10.8 Å². The van der Waals surface area contributed by atoms with Crippen molar-refractivity contribution in [1.29, 1.82) is 0 Å². The first-order valence-electron chi connectivity index (χ1n) is 15.8. The van der Waals surface area contributed by atoms with E-state index in [9.17, 15) is 0 Å². The molecule has 0 radical (unpaired) electrons. The lowest BCUT2D eigenvalue weighted by molar-refractivity contribution is 0.652. The third-order valence-electron chi connectivity index (χ3n) is 10.4. The lowest BCUT2D eigenvalue weighted by Crippen LogP contribution is -2.14. The van der Waals surface area contributed by atoms with Crippen molar-refractivity contribution in [1.82, 2.24) is 0 Å². The van der Waals surface area contributed by atoms with Crippen LogP contribution in [0.4, 0.5) is 0 Å². The summed E-state index contributed by atoms with van der Waals surface area (Å²) in [4.78, 5) is 0. The van der Waals surface area contributed by atoms with Gasteiger partial charge in [-0.2, -0.15) is 0 Å². The normalized spacial score (nSPS) is 15.0. The third-order valence-corrected chi connectivity index (χ3v) is 12.7. The van der Waals surface area contributed by atoms with Gasteiger partial charge in [0.25, 0.3) is 0 Å². The van der Waals surface area contributed by atoms with Crippen LogP contribution in [-0.4, -0.2) is 0 Å². The van der Waals surface area contributed by atoms with Gasteiger partial charge in [-0.1, -0.05) is 129 Å². The van der Waals surface area contributed by atoms with Crippen LogP contribution in [0.5, 0.6) is 0 Å². The summed E-state index contributed by atoms with van der Waals surface area (Å²) in [7, 11) is 0. The van der Waals surface area contributed by atoms with Gasteiger partial charge in [-0.05, 0) is 96.8 Å². The van der Waals surface area contributed by atoms with E-state index in [0.717, 1.165) is 33.9 Å². The highest BCUT2D eigenvalue weighted by Crippen LogP contribution is 2.55. The van der Waals surface area contributed by atoms with Gasteiger partial charge in [0.2, 0.25) is 0 Å². The summed E-state index contributed by atoms with van der Waals surface area (Å²) < 4.78 is 16.2. The van der Waals surface area contributed by atoms with E-state index in [1.807, 2.05) is 0 Å². The van der Waals surface area contributed by atoms with Crippen molar-refractivity contribution in [3.05, 3.63) is 137 Å². The van der Waals surface area contributed by atoms with Crippen LogP contribution in [0.3, 0.4) is 0 Å². The van der Waals surface area contributed by atoms with Crippen molar-refractivity contribution >= 4 is 105 Å². The Bertz CT molecular complexity index is 2620. The fourth-order valence-electron chi connectivity index (χ4n) is 8.05. The van der Waals surface area contributed by atoms with Gasteiger partial charge in [0, 0.05) is 48.0 Å². The second-order valence-corrected chi connectivity index (χ2v) is 16.8. The summed E-state index contributed by atoms with van der Waals surface area (Å²) >= 11 is 8.51. The van der Waals surface area contributed by atoms with Crippen LogP contribution in [0, 0.1) is 7.14 Å². The van der Waals surface area contributed by atoms with Gasteiger partial charge in [0.05, 0.1) is 7.14 Å². The Hall–Kier alpha value is -3.14. The van der Waals surface area contributed by atoms with E-state index in [0.29, 0.717) is 0 Å². The van der Waals surface area contributed by atoms with Crippen LogP contribution in [0.15, 0.2) is 116 Å². The number of hydrogen-bond donors (Lipinski definition) is 0. The molecule has 0 N–H and O–H groups in total. The molecule has 0 saturated heterocycles. The molecular formula is C42H29BrI2O2. The maximum absolute atomic E-state index is 6.42. The lowest BCUT2D eigenvalue weighted by Gasteiger charge is -2.21. The van der Waals surface area contributed by atoms with Gasteiger partial charge in [0.1, 0.15) is 22.3 Å². The molecule has 2 nitrogen and oxygen atoms in total. The monoisotopic (exact) mass is 898 g/mol. The molecule has 2 aliphatic carbocycles. The highest BCUT2D eigenvalue weighted by atomic mass is 127. The molecule has 0 fully saturated rings. The van der Waals surface area contributed by atoms with E-state index in [1.165, 1.54) is 66.1 Å². The fourth-order valence-corrected chi connectivity index (χ4v) is 9.89. The van der Waals surface area contributed by atoms with Crippen molar-refractivity contribution in [2.45, 2.75) is 38.5 Å². The Morgan fingerprint density at radius 3 is 1.66 bits per heavy atom. The Morgan fingerprint density at radius 2 is 1.00 bits per heavy atom. The van der Waals surface area contributed by atoms with E-state index in [-0.39, 0.29) is 10.8 Å². The summed E-state index contributed by atoms with van der Waals surface area (Å²) in [6.07, 6.45) is 0. The average molecular weight is 899 g/mol. The fraction of sp³-hybridized carbons (Fsp3) is 0.143. The predicted octanol–water partition coefficient (Wildman–Crippen LogP) is 13.8. The van der Waals surface area contributed by atoms with Crippen LogP contribution in [0.1, 0.15) is 49.9 Å². The molecule has 0 spiro atoms. The van der Waals surface area contributed by atoms with Crippen molar-refractivity contribution in [2.24, 2.45) is 0 Å². The van der Waals surface area contributed by atoms with Crippen molar-refractivity contribution in [3.63, 3.8) is 0 Å². The summed E-state index contributed by atoms with van der Waals surface area (Å²) in [6.45, 7) is 9.19. The first kappa shape index (κ1) is 30.0. The van der Waals surface area contributed by atoms with E-state index < -0.39 is 0 Å². The molecule has 5 heteroatoms. The summed E-state index contributed by atoms with van der Waals surface area (Å²) in [6, 6.07) is 36.9. The maximum atomic E-state index is 6.42. The molecule has 2 heterocycles. The smallest absolute Gasteiger partial charge is 0.148 e. The van der Waals surface area contributed by atoms with E-state index in [1.54, 1.807) is 0 Å². The molecule has 0 saturated carbocycles. The van der Waals surface area contributed by atoms with Gasteiger partial charge in [0.15, 0.2) is 0 Å². The minimum atomic E-state index is -0.0191. The Balaban J connectivity index is 0.000000129. The standard InChI is InChI=1S/C21H14BrIO.C21H15IO/c1-21(2)13-8-4-3-6-11(13)17-14(21)10-15(22)18-12-7-5-9-16(23)19(12)24-20(17)18;1-21(2)15-8-4-3-6-14(15)18-16(21)11-10-13-12-7-5-9-17(22)19(12)23-20(13)18/h3-10H,1-2H3;3-11H,1-2H3. The zero-order valence-corrected chi connectivity index (χ0v) is 32.2. The van der Waals surface area contributed by atoms with Gasteiger partial charge < -0.3 is 8.83 Å². The number of para-hydroxylation sites is 2. The number of furan rings is 2. The molecule has 2 aliphatic rings. The molecule has 0 unspecified atom stereocenters. The molecule has 47 heavy (non-hydrogen) atoms. The number of hydrogen-bond acceptors (Lipinski definition) is 2. The second-order valence-electron chi connectivity index (χ2n) is 13.6. The molecule has 230 valence electrons. The third kappa shape index (κ3) is 4.12. The predicted molar refractivity (Wildman–Crippen MR) is 216 cm³/mol. The highest BCUT2D eigenvalue weighted by Gasteiger charge is 2.39. The highest BCUT2D eigenvalue weighted by molar-refractivity contribution is 14.1. The first-order valence-corrected chi connectivity index (χ1v) is 18.7. The Morgan fingerprint density at radius 1 is 0.489 bits per heavy atom. The number of halogens is 3. The zero-order valence-electron chi connectivity index (χ0n) is 26.3. The van der Waals surface area contributed by atoms with Crippen molar-refractivity contribution < 1.29 is 8.83 Å². The average Bonchev–Trinajstić information content (AvgIpc) is 3.76. The summed E-state index contributed by atoms with van der Waals surface area (Å²) in [5.41, 5.74) is 14.6.